The zero-order valence-corrected chi connectivity index (χ0v) is 72.0. The molecular weight excluding hydrogens is 1620 g/mol. The topological polar surface area (TPSA) is 155 Å². The Hall–Kier alpha value is -16.8. The molecule has 6 aromatic heterocycles. The minimum atomic E-state index is -0.476. The largest absolute Gasteiger partial charge is 0.456 e. The van der Waals surface area contributed by atoms with E-state index in [9.17, 15) is 0 Å². The van der Waals surface area contributed by atoms with E-state index < -0.39 is 54.4 Å². The number of aromatic nitrogens is 9. The van der Waals surface area contributed by atoms with Crippen LogP contribution in [0.25, 0.3) is 234 Å². The molecule has 0 saturated carbocycles. The molecule has 0 radical (unpaired) electrons. The molecule has 3 aliphatic carbocycles. The summed E-state index contributed by atoms with van der Waals surface area (Å²) in [7, 11) is 0. The van der Waals surface area contributed by atoms with Gasteiger partial charge in [0.1, 0.15) is 33.5 Å². The highest BCUT2D eigenvalue weighted by molar-refractivity contribution is 6.16. The fourth-order valence-corrected chi connectivity index (χ4v) is 19.7. The lowest BCUT2D eigenvalue weighted by Gasteiger charge is -2.21. The summed E-state index contributed by atoms with van der Waals surface area (Å²) in [5.74, 6) is 1.90. The van der Waals surface area contributed by atoms with Crippen LogP contribution in [0.1, 0.15) is 95.5 Å². The zero-order valence-electron chi connectivity index (χ0n) is 87.0. The van der Waals surface area contributed by atoms with Crippen molar-refractivity contribution in [3.8, 4) is 136 Å². The molecule has 0 spiro atoms. The van der Waals surface area contributed by atoms with Crippen molar-refractivity contribution in [3.63, 3.8) is 0 Å². The Kier molecular flexibility index (Phi) is 14.4. The molecule has 27 rings (SSSR count). The van der Waals surface area contributed by atoms with Crippen molar-refractivity contribution in [2.75, 3.05) is 0 Å². The van der Waals surface area contributed by atoms with Crippen molar-refractivity contribution >= 4 is 98.1 Å². The van der Waals surface area contributed by atoms with Gasteiger partial charge in [-0.25, -0.2) is 44.9 Å². The fourth-order valence-electron chi connectivity index (χ4n) is 19.7. The molecule has 3 aliphatic rings. The number of nitrogens with zero attached hydrogens (tertiary/aromatic N) is 9. The first-order chi connectivity index (χ1) is 70.8. The smallest absolute Gasteiger partial charge is 0.164 e. The van der Waals surface area contributed by atoms with Gasteiger partial charge in [-0.3, -0.25) is 0 Å². The van der Waals surface area contributed by atoms with Crippen LogP contribution in [0.3, 0.4) is 0 Å². The predicted octanol–water partition coefficient (Wildman–Crippen LogP) is 30.7. The van der Waals surface area contributed by atoms with Gasteiger partial charge >= 0.3 is 0 Å². The number of benzene rings is 18. The van der Waals surface area contributed by atoms with Crippen LogP contribution in [0.5, 0.6) is 0 Å². The van der Waals surface area contributed by atoms with Gasteiger partial charge in [-0.15, -0.1) is 0 Å². The van der Waals surface area contributed by atoms with Crippen molar-refractivity contribution in [3.05, 3.63) is 415 Å². The average Bonchev–Trinajstić information content (AvgIpc) is 1.59. The van der Waals surface area contributed by atoms with Gasteiger partial charge in [-0.05, 0) is 190 Å². The summed E-state index contributed by atoms with van der Waals surface area (Å²) in [6.07, 6.45) is 0. The molecule has 24 aromatic rings. The Bertz CT molecular complexity index is 9820. The second kappa shape index (κ2) is 30.2. The van der Waals surface area contributed by atoms with Gasteiger partial charge in [-0.1, -0.05) is 332 Å². The average molecular weight is 1710 g/mol. The van der Waals surface area contributed by atoms with Gasteiger partial charge in [0.05, 0.1) is 20.6 Å². The van der Waals surface area contributed by atoms with Crippen molar-refractivity contribution in [2.45, 2.75) is 57.8 Å². The molecule has 0 fully saturated rings. The lowest BCUT2D eigenvalue weighted by atomic mass is 9.82. The van der Waals surface area contributed by atoms with E-state index >= 15 is 0 Å². The summed E-state index contributed by atoms with van der Waals surface area (Å²) in [5.41, 5.74) is 21.6. The second-order valence-electron chi connectivity index (χ2n) is 35.2. The minimum Gasteiger partial charge on any atom is -0.456 e. The molecular formula is C120H81N9O3. The predicted molar refractivity (Wildman–Crippen MR) is 535 cm³/mol. The first-order valence-electron chi connectivity index (χ1n) is 51.1. The standard InChI is InChI=1S/3C40H27N3O/c1-40(2)32-17-9-8-15-28(32)29-20-19-27(22-33(29)40)38-41-37(24-11-4-3-5-12-24)42-39(43-38)30-16-10-18-34-36(30)31-21-25-13-6-7-14-26(25)23-35(31)44-34;1-40(2)33-15-9-8-14-29(33)30-18-16-28(22-34(30)40)39-42-37(24-10-4-3-5-11-24)41-38(43-39)27-17-19-35-31(21-27)32-20-25-12-6-7-13-26(25)23-36(32)44-35;1-40(2)33-15-9-8-14-29(33)30-18-16-27(21-34(30)40)38-41-37(24-10-4-3-5-11-24)42-39(43-38)28-17-19-31-32-20-25-12-6-7-13-26(25)22-36(32)44-35(31)23-28/h3*3-23H,1-2H3/i3D,4D,5D,11D,12D;2*3D,4D,5D,10D,11D. The number of rotatable bonds is 9. The maximum atomic E-state index is 8.75. The second-order valence-corrected chi connectivity index (χ2v) is 35.2. The number of furan rings is 3. The SMILES string of the molecule is [2H]c1c([2H])c([2H])c(-c2nc(-c3ccc4c(c3)C(C)(C)c3ccccc3-4)nc(-c3ccc4c(c3)oc3cc5ccccc5cc34)n2)c([2H])c1[2H].[2H]c1c([2H])c([2H])c(-c2nc(-c3ccc4c(c3)C(C)(C)c3ccccc3-4)nc(-c3ccc4oc5cc6ccccc6cc5c4c3)n2)c([2H])c1[2H].[2H]c1c([2H])c([2H])c(-c2nc(-c3ccc4c(c3)C(C)(C)c3ccccc3-4)nc(-c3cccc4oc5cc6ccccc6cc5c34)n2)c([2H])c1[2H]. The van der Waals surface area contributed by atoms with E-state index in [1.54, 1.807) is 0 Å². The first-order valence-corrected chi connectivity index (χ1v) is 43.6. The van der Waals surface area contributed by atoms with E-state index in [1.165, 1.54) is 33.4 Å². The van der Waals surface area contributed by atoms with Gasteiger partial charge in [0, 0.05) is 98.6 Å². The van der Waals surface area contributed by atoms with E-state index in [1.807, 2.05) is 152 Å². The molecule has 624 valence electrons. The normalized spacial score (nSPS) is 15.0. The quantitative estimate of drug-likeness (QED) is 0.135. The fraction of sp³-hybridized carbons (Fsp3) is 0.0750. The summed E-state index contributed by atoms with van der Waals surface area (Å²) in [5, 5.41) is 12.0. The summed E-state index contributed by atoms with van der Waals surface area (Å²) in [6.45, 7) is 13.2. The van der Waals surface area contributed by atoms with Gasteiger partial charge in [0.25, 0.3) is 0 Å². The number of hydrogen-bond donors (Lipinski definition) is 0. The third-order valence-electron chi connectivity index (χ3n) is 26.4. The Labute approximate surface area is 781 Å². The Balaban J connectivity index is 0.000000115. The number of fused-ring (bicyclic) bond motifs is 21. The molecule has 0 saturated heterocycles. The van der Waals surface area contributed by atoms with Crippen LogP contribution >= 0.6 is 0 Å². The van der Waals surface area contributed by atoms with Gasteiger partial charge in [0.2, 0.25) is 0 Å². The minimum absolute atomic E-state index is 0.00295. The molecule has 132 heavy (non-hydrogen) atoms. The molecule has 0 aliphatic heterocycles. The Morgan fingerprint density at radius 2 is 0.470 bits per heavy atom. The first kappa shape index (κ1) is 63.2. The summed E-state index contributed by atoms with van der Waals surface area (Å²) in [6, 6.07) is 91.3. The van der Waals surface area contributed by atoms with E-state index in [0.717, 1.165) is 137 Å². The molecule has 0 N–H and O–H groups in total. The molecule has 18 aromatic carbocycles. The van der Waals surface area contributed by atoms with Crippen molar-refractivity contribution in [1.82, 2.24) is 44.9 Å². The lowest BCUT2D eigenvalue weighted by Crippen LogP contribution is -2.15. The maximum absolute atomic E-state index is 8.75. The summed E-state index contributed by atoms with van der Waals surface area (Å²) in [4.78, 5) is 43.6. The Morgan fingerprint density at radius 3 is 0.886 bits per heavy atom. The van der Waals surface area contributed by atoms with Crippen LogP contribution in [0.2, 0.25) is 0 Å². The van der Waals surface area contributed by atoms with Crippen LogP contribution < -0.4 is 0 Å². The third kappa shape index (κ3) is 12.9. The van der Waals surface area contributed by atoms with Crippen molar-refractivity contribution < 1.29 is 33.8 Å². The molecule has 0 amide bonds. The molecule has 6 heterocycles. The highest BCUT2D eigenvalue weighted by Gasteiger charge is 2.39. The highest BCUT2D eigenvalue weighted by Crippen LogP contribution is 2.54. The van der Waals surface area contributed by atoms with E-state index in [2.05, 4.69) is 181 Å². The number of hydrogen-bond acceptors (Lipinski definition) is 12. The van der Waals surface area contributed by atoms with Gasteiger partial charge in [-0.2, -0.15) is 0 Å². The van der Waals surface area contributed by atoms with Crippen LogP contribution in [-0.2, 0) is 16.2 Å². The van der Waals surface area contributed by atoms with Gasteiger partial charge < -0.3 is 13.3 Å². The molecule has 12 nitrogen and oxygen atoms in total. The van der Waals surface area contributed by atoms with Crippen LogP contribution in [0.15, 0.2) is 395 Å². The van der Waals surface area contributed by atoms with E-state index in [0.29, 0.717) is 62.8 Å². The van der Waals surface area contributed by atoms with Crippen molar-refractivity contribution in [1.29, 1.82) is 0 Å². The lowest BCUT2D eigenvalue weighted by molar-refractivity contribution is 0.660. The molecule has 0 bridgehead atoms. The van der Waals surface area contributed by atoms with Crippen LogP contribution in [0, 0.1) is 0 Å². The Morgan fingerprint density at radius 1 is 0.189 bits per heavy atom. The van der Waals surface area contributed by atoms with Crippen LogP contribution in [-0.4, -0.2) is 44.9 Å². The molecule has 0 atom stereocenters. The summed E-state index contributed by atoms with van der Waals surface area (Å²) >= 11 is 0. The van der Waals surface area contributed by atoms with E-state index in [4.69, 9.17) is 78.7 Å². The van der Waals surface area contributed by atoms with Gasteiger partial charge in [0.15, 0.2) is 52.4 Å². The summed E-state index contributed by atoms with van der Waals surface area (Å²) < 4.78 is 146. The monoisotopic (exact) mass is 1710 g/mol. The third-order valence-corrected chi connectivity index (χ3v) is 26.4. The zero-order chi connectivity index (χ0) is 101. The highest BCUT2D eigenvalue weighted by atomic mass is 16.3. The molecule has 0 unspecified atom stereocenters. The maximum Gasteiger partial charge on any atom is 0.164 e. The van der Waals surface area contributed by atoms with E-state index in [-0.39, 0.29) is 86.7 Å². The molecule has 12 heteroatoms. The van der Waals surface area contributed by atoms with Crippen LogP contribution in [0.4, 0.5) is 0 Å². The van der Waals surface area contributed by atoms with Crippen molar-refractivity contribution in [2.24, 2.45) is 0 Å².